The van der Waals surface area contributed by atoms with Gasteiger partial charge >= 0.3 is 0 Å². The van der Waals surface area contributed by atoms with Crippen LogP contribution in [0.1, 0.15) is 26.7 Å². The lowest BCUT2D eigenvalue weighted by Gasteiger charge is -2.27. The minimum absolute atomic E-state index is 0.0131. The van der Waals surface area contributed by atoms with Gasteiger partial charge in [0.15, 0.2) is 12.6 Å². The lowest BCUT2D eigenvalue weighted by Crippen LogP contribution is -2.46. The Bertz CT molecular complexity index is 841. The molecule has 10 unspecified atom stereocenters. The van der Waals surface area contributed by atoms with E-state index in [9.17, 15) is 40.2 Å². The number of carbonyl (C=O) groups excluding carboxylic acids is 2. The molecule has 0 bridgehead atoms. The molecule has 2 aliphatic rings. The van der Waals surface area contributed by atoms with E-state index >= 15 is 0 Å². The number of hydrogen-bond donors (Lipinski definition) is 9. The van der Waals surface area contributed by atoms with E-state index in [-0.39, 0.29) is 70.3 Å². The normalized spacial score (nSPS) is 31.4. The van der Waals surface area contributed by atoms with Crippen molar-refractivity contribution in [1.29, 1.82) is 0 Å². The van der Waals surface area contributed by atoms with Crippen molar-refractivity contribution in [2.24, 2.45) is 0 Å². The SMILES string of the molecule is CNC(COCCOCCOC1OC(CO)C(O)C(O)CC1NC(C)=O)COCCOCCOC1OC(CO)C(O)C(O)CC1NC(C)=O. The molecule has 2 rings (SSSR count). The number of carbonyl (C=O) groups is 2. The average Bonchev–Trinajstić information content (AvgIpc) is 3.24. The summed E-state index contributed by atoms with van der Waals surface area (Å²) in [6.07, 6.45) is -9.24. The summed E-state index contributed by atoms with van der Waals surface area (Å²) in [6.45, 7) is 4.05. The molecule has 19 heteroatoms. The van der Waals surface area contributed by atoms with Crippen molar-refractivity contribution < 1.29 is 78.1 Å². The molecule has 0 saturated carbocycles. The van der Waals surface area contributed by atoms with Gasteiger partial charge in [0.1, 0.15) is 24.4 Å². The highest BCUT2D eigenvalue weighted by atomic mass is 16.7. The Kier molecular flexibility index (Phi) is 21.8. The van der Waals surface area contributed by atoms with Crippen LogP contribution in [-0.2, 0) is 47.5 Å². The molecule has 2 fully saturated rings. The van der Waals surface area contributed by atoms with Gasteiger partial charge in [0.25, 0.3) is 0 Å². The predicted molar refractivity (Wildman–Crippen MR) is 168 cm³/mol. The number of nitrogens with one attached hydrogen (secondary N) is 3. The lowest BCUT2D eigenvalue weighted by molar-refractivity contribution is -0.208. The third kappa shape index (κ3) is 16.5. The molecule has 0 spiro atoms. The van der Waals surface area contributed by atoms with Crippen LogP contribution in [0.15, 0.2) is 0 Å². The van der Waals surface area contributed by atoms with Crippen molar-refractivity contribution in [2.45, 2.75) is 94.0 Å². The van der Waals surface area contributed by atoms with Crippen LogP contribution >= 0.6 is 0 Å². The van der Waals surface area contributed by atoms with Gasteiger partial charge in [-0.15, -0.1) is 0 Å². The first-order valence-corrected chi connectivity index (χ1v) is 16.5. The highest BCUT2D eigenvalue weighted by Crippen LogP contribution is 2.22. The smallest absolute Gasteiger partial charge is 0.217 e. The van der Waals surface area contributed by atoms with E-state index in [0.29, 0.717) is 26.4 Å². The molecular formula is C30H57N3O16. The minimum atomic E-state index is -1.33. The molecule has 2 aliphatic heterocycles. The summed E-state index contributed by atoms with van der Waals surface area (Å²) in [6, 6.07) is -1.54. The van der Waals surface area contributed by atoms with E-state index in [0.717, 1.165) is 0 Å². The summed E-state index contributed by atoms with van der Waals surface area (Å²) in [5, 5.41) is 68.0. The van der Waals surface area contributed by atoms with E-state index in [4.69, 9.17) is 37.9 Å². The molecule has 0 aromatic rings. The van der Waals surface area contributed by atoms with Crippen LogP contribution in [-0.4, -0.2) is 196 Å². The number of ether oxygens (including phenoxy) is 8. The van der Waals surface area contributed by atoms with E-state index in [2.05, 4.69) is 16.0 Å². The zero-order valence-corrected chi connectivity index (χ0v) is 28.5. The highest BCUT2D eigenvalue weighted by Gasteiger charge is 2.40. The molecule has 0 aliphatic carbocycles. The molecule has 9 N–H and O–H groups in total. The second kappa shape index (κ2) is 24.5. The van der Waals surface area contributed by atoms with E-state index in [1.165, 1.54) is 13.8 Å². The number of hydrogen-bond acceptors (Lipinski definition) is 17. The van der Waals surface area contributed by atoms with Crippen LogP contribution in [0.5, 0.6) is 0 Å². The lowest BCUT2D eigenvalue weighted by atomic mass is 10.0. The molecule has 2 saturated heterocycles. The zero-order chi connectivity index (χ0) is 36.2. The maximum atomic E-state index is 11.6. The Morgan fingerprint density at radius 1 is 0.653 bits per heavy atom. The topological polar surface area (TPSA) is 265 Å². The molecular weight excluding hydrogens is 658 g/mol. The summed E-state index contributed by atoms with van der Waals surface area (Å²) in [7, 11) is 1.78. The maximum Gasteiger partial charge on any atom is 0.217 e. The van der Waals surface area contributed by atoms with E-state index in [1.807, 2.05) is 0 Å². The summed E-state index contributed by atoms with van der Waals surface area (Å²) in [5.41, 5.74) is 0. The van der Waals surface area contributed by atoms with Gasteiger partial charge < -0.3 is 84.5 Å². The van der Waals surface area contributed by atoms with Crippen LogP contribution in [0.2, 0.25) is 0 Å². The fourth-order valence-electron chi connectivity index (χ4n) is 5.15. The van der Waals surface area contributed by atoms with Crippen LogP contribution in [0.25, 0.3) is 0 Å². The number of rotatable bonds is 23. The first-order chi connectivity index (χ1) is 23.5. The van der Waals surface area contributed by atoms with Crippen molar-refractivity contribution in [3.63, 3.8) is 0 Å². The van der Waals surface area contributed by atoms with Gasteiger partial charge in [0.2, 0.25) is 11.8 Å². The van der Waals surface area contributed by atoms with E-state index in [1.54, 1.807) is 7.05 Å². The van der Waals surface area contributed by atoms with Gasteiger partial charge in [0, 0.05) is 26.7 Å². The quantitative estimate of drug-likeness (QED) is 0.0450. The average molecular weight is 716 g/mol. The van der Waals surface area contributed by atoms with Crippen LogP contribution in [0.4, 0.5) is 0 Å². The van der Waals surface area contributed by atoms with Crippen LogP contribution in [0.3, 0.4) is 0 Å². The minimum Gasteiger partial charge on any atom is -0.394 e. The van der Waals surface area contributed by atoms with Crippen LogP contribution in [0, 0.1) is 0 Å². The maximum absolute atomic E-state index is 11.6. The van der Waals surface area contributed by atoms with Crippen LogP contribution < -0.4 is 16.0 Å². The molecule has 0 radical (unpaired) electrons. The first-order valence-electron chi connectivity index (χ1n) is 16.5. The Hall–Kier alpha value is -1.66. The van der Waals surface area contributed by atoms with Gasteiger partial charge in [-0.1, -0.05) is 0 Å². The third-order valence-electron chi connectivity index (χ3n) is 7.76. The van der Waals surface area contributed by atoms with E-state index < -0.39 is 74.5 Å². The fraction of sp³-hybridized carbons (Fsp3) is 0.933. The van der Waals surface area contributed by atoms with Crippen molar-refractivity contribution in [1.82, 2.24) is 16.0 Å². The first kappa shape index (κ1) is 43.5. The molecule has 19 nitrogen and oxygen atoms in total. The van der Waals surface area contributed by atoms with Crippen molar-refractivity contribution in [3.8, 4) is 0 Å². The fourth-order valence-corrected chi connectivity index (χ4v) is 5.15. The number of likely N-dealkylation sites (N-methyl/N-ethyl adjacent to an activating group) is 1. The molecule has 2 heterocycles. The highest BCUT2D eigenvalue weighted by molar-refractivity contribution is 5.73. The number of aliphatic hydroxyl groups is 6. The molecule has 10 atom stereocenters. The molecule has 0 aromatic heterocycles. The Morgan fingerprint density at radius 2 is 1.02 bits per heavy atom. The van der Waals surface area contributed by atoms with Gasteiger partial charge in [0.05, 0.1) is 110 Å². The number of aliphatic hydroxyl groups excluding tert-OH is 6. The largest absolute Gasteiger partial charge is 0.394 e. The predicted octanol–water partition coefficient (Wildman–Crippen LogP) is -4.66. The zero-order valence-electron chi connectivity index (χ0n) is 28.5. The summed E-state index contributed by atoms with van der Waals surface area (Å²) < 4.78 is 45.0. The summed E-state index contributed by atoms with van der Waals surface area (Å²) >= 11 is 0. The molecule has 2 amide bonds. The number of amides is 2. The van der Waals surface area contributed by atoms with Gasteiger partial charge in [-0.25, -0.2) is 0 Å². The Morgan fingerprint density at radius 3 is 1.37 bits per heavy atom. The Labute approximate surface area is 286 Å². The van der Waals surface area contributed by atoms with Gasteiger partial charge in [-0.3, -0.25) is 9.59 Å². The van der Waals surface area contributed by atoms with Gasteiger partial charge in [-0.2, -0.15) is 0 Å². The summed E-state index contributed by atoms with van der Waals surface area (Å²) in [4.78, 5) is 23.2. The van der Waals surface area contributed by atoms with Crippen molar-refractivity contribution in [3.05, 3.63) is 0 Å². The summed E-state index contributed by atoms with van der Waals surface area (Å²) in [5.74, 6) is -0.713. The second-order valence-electron chi connectivity index (χ2n) is 11.8. The standard InChI is InChI=1S/C30H57N3O16/c1-18(36)32-21-12-23(38)27(40)25(14-34)48-29(21)46-10-8-42-4-6-44-16-20(31-3)17-45-7-5-43-9-11-47-30-22(33-19(2)37)13-24(39)28(41)26(15-35)49-30/h20-31,34-35,38-41H,4-17H2,1-3H3,(H,32,36)(H,33,37). The third-order valence-corrected chi connectivity index (χ3v) is 7.76. The molecule has 49 heavy (non-hydrogen) atoms. The Balaban J connectivity index is 1.55. The van der Waals surface area contributed by atoms with Crippen molar-refractivity contribution >= 4 is 11.8 Å². The monoisotopic (exact) mass is 715 g/mol. The van der Waals surface area contributed by atoms with Gasteiger partial charge in [-0.05, 0) is 7.05 Å². The second-order valence-corrected chi connectivity index (χ2v) is 11.8. The molecule has 0 aromatic carbocycles. The van der Waals surface area contributed by atoms with Crippen molar-refractivity contribution in [2.75, 3.05) is 86.3 Å². The molecule has 288 valence electrons.